The molecule has 2 aliphatic heterocycles. The number of carbonyl (C=O) groups excluding carboxylic acids is 1. The van der Waals surface area contributed by atoms with E-state index in [1.54, 1.807) is 0 Å². The zero-order valence-electron chi connectivity index (χ0n) is 14.5. The molecule has 2 fully saturated rings. The molecule has 2 atom stereocenters. The number of carbonyl (C=O) groups is 1. The lowest BCUT2D eigenvalue weighted by Crippen LogP contribution is -2.50. The van der Waals surface area contributed by atoms with E-state index in [9.17, 15) is 4.79 Å². The van der Waals surface area contributed by atoms with Crippen LogP contribution in [0, 0.1) is 5.92 Å². The van der Waals surface area contributed by atoms with Crippen LogP contribution in [0.1, 0.15) is 39.2 Å². The van der Waals surface area contributed by atoms with Crippen LogP contribution in [0.4, 0.5) is 4.79 Å². The fraction of sp³-hybridized carbons (Fsp3) is 0.632. The highest BCUT2D eigenvalue weighted by molar-refractivity contribution is 5.69. The summed E-state index contributed by atoms with van der Waals surface area (Å²) in [6.45, 7) is 9.64. The van der Waals surface area contributed by atoms with Gasteiger partial charge in [-0.1, -0.05) is 30.3 Å². The van der Waals surface area contributed by atoms with Crippen molar-refractivity contribution in [2.24, 2.45) is 5.92 Å². The van der Waals surface area contributed by atoms with Crippen molar-refractivity contribution in [2.45, 2.75) is 51.8 Å². The molecule has 2 aliphatic rings. The number of amides is 1. The number of piperidine rings is 1. The minimum Gasteiger partial charge on any atom is -0.444 e. The van der Waals surface area contributed by atoms with Crippen LogP contribution in [0.25, 0.3) is 0 Å². The molecule has 1 amide bonds. The number of rotatable bonds is 2. The Balaban J connectivity index is 1.64. The molecule has 0 bridgehead atoms. The third kappa shape index (κ3) is 4.05. The van der Waals surface area contributed by atoms with Crippen molar-refractivity contribution in [1.82, 2.24) is 9.80 Å². The van der Waals surface area contributed by atoms with Crippen molar-refractivity contribution in [3.8, 4) is 0 Å². The number of hydrogen-bond acceptors (Lipinski definition) is 3. The van der Waals surface area contributed by atoms with Crippen molar-refractivity contribution >= 4 is 6.09 Å². The zero-order valence-corrected chi connectivity index (χ0v) is 14.5. The van der Waals surface area contributed by atoms with E-state index in [-0.39, 0.29) is 6.09 Å². The molecule has 0 saturated carbocycles. The quantitative estimate of drug-likeness (QED) is 0.837. The third-order valence-corrected chi connectivity index (χ3v) is 4.73. The van der Waals surface area contributed by atoms with Crippen molar-refractivity contribution < 1.29 is 9.53 Å². The zero-order chi connectivity index (χ0) is 16.4. The van der Waals surface area contributed by atoms with Gasteiger partial charge in [-0.2, -0.15) is 0 Å². The van der Waals surface area contributed by atoms with Gasteiger partial charge in [0.05, 0.1) is 6.04 Å². The Morgan fingerprint density at radius 1 is 1.22 bits per heavy atom. The smallest absolute Gasteiger partial charge is 0.410 e. The molecule has 0 radical (unpaired) electrons. The van der Waals surface area contributed by atoms with Gasteiger partial charge in [0.1, 0.15) is 5.60 Å². The Morgan fingerprint density at radius 2 is 1.96 bits per heavy atom. The van der Waals surface area contributed by atoms with E-state index in [2.05, 4.69) is 35.2 Å². The number of nitrogens with zero attached hydrogens (tertiary/aromatic N) is 2. The van der Waals surface area contributed by atoms with Crippen LogP contribution in [0.3, 0.4) is 0 Å². The average Bonchev–Trinajstić information content (AvgIpc) is 2.88. The van der Waals surface area contributed by atoms with Gasteiger partial charge in [-0.25, -0.2) is 4.79 Å². The Kier molecular flexibility index (Phi) is 4.62. The van der Waals surface area contributed by atoms with Crippen LogP contribution in [0.5, 0.6) is 0 Å². The summed E-state index contributed by atoms with van der Waals surface area (Å²) in [5.74, 6) is 0.583. The first-order valence-corrected chi connectivity index (χ1v) is 8.68. The second kappa shape index (κ2) is 6.52. The first-order valence-electron chi connectivity index (χ1n) is 8.68. The lowest BCUT2D eigenvalue weighted by Gasteiger charge is -2.37. The Hall–Kier alpha value is -1.55. The first-order chi connectivity index (χ1) is 10.9. The maximum absolute atomic E-state index is 12.5. The average molecular weight is 316 g/mol. The second-order valence-electron chi connectivity index (χ2n) is 7.82. The largest absolute Gasteiger partial charge is 0.444 e. The molecule has 126 valence electrons. The molecule has 0 aliphatic carbocycles. The van der Waals surface area contributed by atoms with Crippen LogP contribution >= 0.6 is 0 Å². The molecule has 0 spiro atoms. The number of benzene rings is 1. The lowest BCUT2D eigenvalue weighted by atomic mass is 9.92. The summed E-state index contributed by atoms with van der Waals surface area (Å²) >= 11 is 0. The highest BCUT2D eigenvalue weighted by atomic mass is 16.6. The van der Waals surface area contributed by atoms with Crippen molar-refractivity contribution in [3.63, 3.8) is 0 Å². The minimum absolute atomic E-state index is 0.145. The molecule has 4 nitrogen and oxygen atoms in total. The molecule has 1 aromatic carbocycles. The molecule has 1 aromatic rings. The van der Waals surface area contributed by atoms with E-state index < -0.39 is 5.60 Å². The molecule has 2 heterocycles. The summed E-state index contributed by atoms with van der Waals surface area (Å²) in [5.41, 5.74) is 0.918. The van der Waals surface area contributed by atoms with Gasteiger partial charge >= 0.3 is 6.09 Å². The summed E-state index contributed by atoms with van der Waals surface area (Å²) in [6.07, 6.45) is 2.16. The van der Waals surface area contributed by atoms with E-state index in [0.717, 1.165) is 32.6 Å². The van der Waals surface area contributed by atoms with Gasteiger partial charge in [0.15, 0.2) is 0 Å². The summed E-state index contributed by atoms with van der Waals surface area (Å²) in [7, 11) is 0. The van der Waals surface area contributed by atoms with Crippen LogP contribution in [0.2, 0.25) is 0 Å². The Morgan fingerprint density at radius 3 is 2.65 bits per heavy atom. The van der Waals surface area contributed by atoms with Crippen LogP contribution in [0.15, 0.2) is 30.3 Å². The Bertz CT molecular complexity index is 538. The summed E-state index contributed by atoms with van der Waals surface area (Å²) < 4.78 is 5.61. The molecule has 0 unspecified atom stereocenters. The van der Waals surface area contributed by atoms with Crippen LogP contribution in [-0.2, 0) is 11.3 Å². The first kappa shape index (κ1) is 16.3. The van der Waals surface area contributed by atoms with Crippen molar-refractivity contribution in [3.05, 3.63) is 35.9 Å². The lowest BCUT2D eigenvalue weighted by molar-refractivity contribution is 0.00621. The highest BCUT2D eigenvalue weighted by Gasteiger charge is 2.42. The SMILES string of the molecule is CC(C)(C)OC(=O)N1CCC[C@@H]2CN(Cc3ccccc3)C[C@@H]21. The van der Waals surface area contributed by atoms with Crippen molar-refractivity contribution in [2.75, 3.05) is 19.6 Å². The number of hydrogen-bond donors (Lipinski definition) is 0. The predicted octanol–water partition coefficient (Wildman–Crippen LogP) is 3.52. The highest BCUT2D eigenvalue weighted by Crippen LogP contribution is 2.32. The molecule has 3 rings (SSSR count). The molecule has 23 heavy (non-hydrogen) atoms. The molecular weight excluding hydrogens is 288 g/mol. The van der Waals surface area contributed by atoms with Gasteiger partial charge in [0.2, 0.25) is 0 Å². The van der Waals surface area contributed by atoms with Gasteiger partial charge in [-0.3, -0.25) is 4.90 Å². The van der Waals surface area contributed by atoms with E-state index in [1.807, 2.05) is 25.7 Å². The molecule has 2 saturated heterocycles. The summed E-state index contributed by atoms with van der Waals surface area (Å²) in [4.78, 5) is 17.0. The molecule has 0 N–H and O–H groups in total. The normalized spacial score (nSPS) is 25.3. The maximum Gasteiger partial charge on any atom is 0.410 e. The number of ether oxygens (including phenoxy) is 1. The van der Waals surface area contributed by atoms with E-state index >= 15 is 0 Å². The topological polar surface area (TPSA) is 32.8 Å². The Labute approximate surface area is 139 Å². The number of fused-ring (bicyclic) bond motifs is 1. The predicted molar refractivity (Wildman–Crippen MR) is 91.2 cm³/mol. The fourth-order valence-corrected chi connectivity index (χ4v) is 3.79. The minimum atomic E-state index is -0.424. The van der Waals surface area contributed by atoms with E-state index in [0.29, 0.717) is 12.0 Å². The summed E-state index contributed by atoms with van der Waals surface area (Å²) in [6, 6.07) is 10.9. The van der Waals surface area contributed by atoms with Crippen molar-refractivity contribution in [1.29, 1.82) is 0 Å². The van der Waals surface area contributed by atoms with Crippen LogP contribution < -0.4 is 0 Å². The molecular formula is C19H28N2O2. The van der Waals surface area contributed by atoms with Gasteiger partial charge in [0, 0.05) is 26.2 Å². The molecule has 4 heteroatoms. The third-order valence-electron chi connectivity index (χ3n) is 4.73. The fourth-order valence-electron chi connectivity index (χ4n) is 3.79. The van der Waals surface area contributed by atoms with Gasteiger partial charge in [-0.05, 0) is 45.1 Å². The van der Waals surface area contributed by atoms with E-state index in [1.165, 1.54) is 12.0 Å². The molecule has 0 aromatic heterocycles. The standard InChI is InChI=1S/C19H28N2O2/c1-19(2,3)23-18(22)21-11-7-10-16-13-20(14-17(16)21)12-15-8-5-4-6-9-15/h4-6,8-9,16-17H,7,10-14H2,1-3H3/t16-,17+/m1/s1. The van der Waals surface area contributed by atoms with E-state index in [4.69, 9.17) is 4.74 Å². The number of likely N-dealkylation sites (tertiary alicyclic amines) is 2. The van der Waals surface area contributed by atoms with Gasteiger partial charge in [-0.15, -0.1) is 0 Å². The van der Waals surface area contributed by atoms with Gasteiger partial charge < -0.3 is 9.64 Å². The maximum atomic E-state index is 12.5. The summed E-state index contributed by atoms with van der Waals surface area (Å²) in [5, 5.41) is 0. The van der Waals surface area contributed by atoms with Crippen LogP contribution in [-0.4, -0.2) is 47.2 Å². The monoisotopic (exact) mass is 316 g/mol. The second-order valence-corrected chi connectivity index (χ2v) is 7.82. The van der Waals surface area contributed by atoms with Gasteiger partial charge in [0.25, 0.3) is 0 Å².